The van der Waals surface area contributed by atoms with E-state index < -0.39 is 0 Å². The normalized spacial score (nSPS) is 10.5. The molecule has 0 fully saturated rings. The van der Waals surface area contributed by atoms with Crippen LogP contribution in [-0.4, -0.2) is 6.04 Å². The average molecular weight is 267 g/mol. The second kappa shape index (κ2) is 19.4. The molecule has 0 aromatic carbocycles. The molecule has 0 aliphatic rings. The fourth-order valence-electron chi connectivity index (χ4n) is 1.35. The van der Waals surface area contributed by atoms with Gasteiger partial charge in [-0.05, 0) is 12.8 Å². The molecule has 4 heteroatoms. The van der Waals surface area contributed by atoms with Crippen molar-refractivity contribution >= 4 is 37.2 Å². The van der Waals surface area contributed by atoms with E-state index >= 15 is 0 Å². The van der Waals surface area contributed by atoms with E-state index in [4.69, 9.17) is 5.73 Å². The quantitative estimate of drug-likeness (QED) is 0.681. The van der Waals surface area contributed by atoms with Crippen LogP contribution in [0.3, 0.4) is 0 Å². The lowest BCUT2D eigenvalue weighted by molar-refractivity contribution is 0.517. The summed E-state index contributed by atoms with van der Waals surface area (Å²) in [6.07, 6.45) is 9.06. The van der Waals surface area contributed by atoms with Gasteiger partial charge in [0.15, 0.2) is 0 Å². The van der Waals surface area contributed by atoms with E-state index in [2.05, 4.69) is 13.8 Å². The lowest BCUT2D eigenvalue weighted by Crippen LogP contribution is -2.18. The third kappa shape index (κ3) is 18.6. The first kappa shape index (κ1) is 24.2. The Morgan fingerprint density at radius 1 is 0.786 bits per heavy atom. The second-order valence-corrected chi connectivity index (χ2v) is 3.40. The Kier molecular flexibility index (Phi) is 33.5. The fraction of sp³-hybridized carbons (Fsp3) is 1.00. The smallest absolute Gasteiger partial charge is 0.00387 e. The summed E-state index contributed by atoms with van der Waals surface area (Å²) in [6.45, 7) is 4.44. The van der Waals surface area contributed by atoms with E-state index in [0.717, 1.165) is 0 Å². The largest absolute Gasteiger partial charge is 0.328 e. The molecule has 2 N–H and O–H groups in total. The van der Waals surface area contributed by atoms with Crippen molar-refractivity contribution in [2.45, 2.75) is 64.8 Å². The van der Waals surface area contributed by atoms with Crippen molar-refractivity contribution in [3.05, 3.63) is 0 Å². The monoisotopic (exact) mass is 265 g/mol. The van der Waals surface area contributed by atoms with Crippen LogP contribution in [0.4, 0.5) is 0 Å². The molecule has 92 valence electrons. The van der Waals surface area contributed by atoms with Crippen LogP contribution in [0.1, 0.15) is 58.8 Å². The summed E-state index contributed by atoms with van der Waals surface area (Å²) >= 11 is 0. The first-order chi connectivity index (χ1) is 5.31. The topological polar surface area (TPSA) is 26.0 Å². The zero-order chi connectivity index (χ0) is 8.53. The summed E-state index contributed by atoms with van der Waals surface area (Å²) in [4.78, 5) is 0. The van der Waals surface area contributed by atoms with Gasteiger partial charge in [-0.15, -0.1) is 37.2 Å². The van der Waals surface area contributed by atoms with Gasteiger partial charge in [0.1, 0.15) is 0 Å². The van der Waals surface area contributed by atoms with E-state index in [1.807, 2.05) is 0 Å². The van der Waals surface area contributed by atoms with E-state index in [0.29, 0.717) is 6.04 Å². The van der Waals surface area contributed by atoms with Crippen LogP contribution in [0, 0.1) is 0 Å². The van der Waals surface area contributed by atoms with Crippen LogP contribution in [0.15, 0.2) is 0 Å². The maximum Gasteiger partial charge on any atom is 0.00387 e. The SMILES string of the molecule is CCCCCCC(N)CCC.Cl.Cl.Cl. The van der Waals surface area contributed by atoms with Crippen LogP contribution in [0.2, 0.25) is 0 Å². The number of hydrogen-bond acceptors (Lipinski definition) is 1. The average Bonchev–Trinajstić information content (AvgIpc) is 1.99. The van der Waals surface area contributed by atoms with Crippen molar-refractivity contribution in [3.8, 4) is 0 Å². The molecule has 0 aromatic rings. The molecule has 0 amide bonds. The maximum atomic E-state index is 5.87. The van der Waals surface area contributed by atoms with Crippen molar-refractivity contribution in [2.24, 2.45) is 5.73 Å². The molecule has 0 bridgehead atoms. The third-order valence-corrected chi connectivity index (χ3v) is 2.09. The highest BCUT2D eigenvalue weighted by molar-refractivity contribution is 5.86. The molecule has 0 heterocycles. The highest BCUT2D eigenvalue weighted by Crippen LogP contribution is 2.07. The van der Waals surface area contributed by atoms with Crippen LogP contribution in [0.5, 0.6) is 0 Å². The van der Waals surface area contributed by atoms with E-state index in [1.165, 1.54) is 44.9 Å². The minimum Gasteiger partial charge on any atom is -0.328 e. The number of nitrogens with two attached hydrogens (primary N) is 1. The second-order valence-electron chi connectivity index (χ2n) is 3.40. The Hall–Kier alpha value is 0.830. The van der Waals surface area contributed by atoms with Crippen LogP contribution >= 0.6 is 37.2 Å². The highest BCUT2D eigenvalue weighted by atomic mass is 35.5. The summed E-state index contributed by atoms with van der Waals surface area (Å²) in [5.41, 5.74) is 5.87. The van der Waals surface area contributed by atoms with Crippen molar-refractivity contribution < 1.29 is 0 Å². The lowest BCUT2D eigenvalue weighted by Gasteiger charge is -2.08. The molecule has 0 saturated carbocycles. The molecule has 0 rings (SSSR count). The van der Waals surface area contributed by atoms with Gasteiger partial charge in [0.2, 0.25) is 0 Å². The number of rotatable bonds is 7. The molecule has 0 saturated heterocycles. The summed E-state index contributed by atoms with van der Waals surface area (Å²) in [6, 6.07) is 0.469. The standard InChI is InChI=1S/C10H23N.3ClH/c1-3-5-6-7-9-10(11)8-4-2;;;/h10H,3-9,11H2,1-2H3;3*1H. The molecule has 1 unspecified atom stereocenters. The van der Waals surface area contributed by atoms with Crippen LogP contribution in [-0.2, 0) is 0 Å². The fourth-order valence-corrected chi connectivity index (χ4v) is 1.35. The van der Waals surface area contributed by atoms with Gasteiger partial charge in [0, 0.05) is 6.04 Å². The molecule has 0 radical (unpaired) electrons. The zero-order valence-corrected chi connectivity index (χ0v) is 11.8. The maximum absolute atomic E-state index is 5.87. The Bertz CT molecular complexity index is 81.8. The van der Waals surface area contributed by atoms with E-state index in [1.54, 1.807) is 0 Å². The zero-order valence-electron chi connectivity index (χ0n) is 9.33. The first-order valence-corrected chi connectivity index (χ1v) is 5.06. The van der Waals surface area contributed by atoms with Gasteiger partial charge in [-0.1, -0.05) is 46.0 Å². The summed E-state index contributed by atoms with van der Waals surface area (Å²) < 4.78 is 0. The molecule has 1 nitrogen and oxygen atoms in total. The number of halogens is 3. The number of unbranched alkanes of at least 4 members (excludes halogenated alkanes) is 3. The Labute approximate surface area is 108 Å². The third-order valence-electron chi connectivity index (χ3n) is 2.09. The minimum absolute atomic E-state index is 0. The van der Waals surface area contributed by atoms with Gasteiger partial charge >= 0.3 is 0 Å². The molecular formula is C10H26Cl3N. The van der Waals surface area contributed by atoms with Crippen molar-refractivity contribution in [1.29, 1.82) is 0 Å². The highest BCUT2D eigenvalue weighted by Gasteiger charge is 1.99. The summed E-state index contributed by atoms with van der Waals surface area (Å²) in [7, 11) is 0. The Morgan fingerprint density at radius 2 is 1.36 bits per heavy atom. The lowest BCUT2D eigenvalue weighted by atomic mass is 10.0. The Morgan fingerprint density at radius 3 is 1.79 bits per heavy atom. The van der Waals surface area contributed by atoms with Gasteiger partial charge in [-0.25, -0.2) is 0 Å². The van der Waals surface area contributed by atoms with Gasteiger partial charge in [-0.2, -0.15) is 0 Å². The molecule has 0 aliphatic carbocycles. The molecule has 14 heavy (non-hydrogen) atoms. The van der Waals surface area contributed by atoms with Gasteiger partial charge < -0.3 is 5.73 Å². The Balaban J connectivity index is -0.000000167. The molecule has 0 aliphatic heterocycles. The minimum atomic E-state index is 0. The molecule has 0 aromatic heterocycles. The van der Waals surface area contributed by atoms with Crippen LogP contribution < -0.4 is 5.73 Å². The van der Waals surface area contributed by atoms with Crippen LogP contribution in [0.25, 0.3) is 0 Å². The van der Waals surface area contributed by atoms with E-state index in [-0.39, 0.29) is 37.2 Å². The molecule has 1 atom stereocenters. The molecular weight excluding hydrogens is 240 g/mol. The summed E-state index contributed by atoms with van der Waals surface area (Å²) in [5, 5.41) is 0. The van der Waals surface area contributed by atoms with Crippen molar-refractivity contribution in [1.82, 2.24) is 0 Å². The van der Waals surface area contributed by atoms with E-state index in [9.17, 15) is 0 Å². The van der Waals surface area contributed by atoms with Crippen molar-refractivity contribution in [2.75, 3.05) is 0 Å². The predicted octanol–water partition coefficient (Wildman–Crippen LogP) is 4.35. The van der Waals surface area contributed by atoms with Crippen molar-refractivity contribution in [3.63, 3.8) is 0 Å². The molecule has 0 spiro atoms. The summed E-state index contributed by atoms with van der Waals surface area (Å²) in [5.74, 6) is 0. The van der Waals surface area contributed by atoms with Gasteiger partial charge in [-0.3, -0.25) is 0 Å². The first-order valence-electron chi connectivity index (χ1n) is 5.06. The van der Waals surface area contributed by atoms with Gasteiger partial charge in [0.25, 0.3) is 0 Å². The predicted molar refractivity (Wildman–Crippen MR) is 73.4 cm³/mol. The van der Waals surface area contributed by atoms with Gasteiger partial charge in [0.05, 0.1) is 0 Å². The number of hydrogen-bond donors (Lipinski definition) is 1.